The van der Waals surface area contributed by atoms with Gasteiger partial charge in [-0.3, -0.25) is 4.79 Å². The lowest BCUT2D eigenvalue weighted by Crippen LogP contribution is -2.30. The second kappa shape index (κ2) is 11.5. The van der Waals surface area contributed by atoms with E-state index in [9.17, 15) is 18.0 Å². The minimum atomic E-state index is -4.60. The van der Waals surface area contributed by atoms with Crippen LogP contribution in [0.25, 0.3) is 0 Å². The third-order valence-electron chi connectivity index (χ3n) is 6.20. The molecular weight excluding hydrogens is 485 g/mol. The van der Waals surface area contributed by atoms with Crippen molar-refractivity contribution >= 4 is 23.2 Å². The van der Waals surface area contributed by atoms with Crippen LogP contribution in [-0.4, -0.2) is 54.1 Å². The van der Waals surface area contributed by atoms with Crippen molar-refractivity contribution in [1.82, 2.24) is 14.9 Å². The van der Waals surface area contributed by atoms with Gasteiger partial charge in [0.1, 0.15) is 24.0 Å². The molecule has 1 aliphatic heterocycles. The first-order chi connectivity index (χ1) is 17.7. The summed E-state index contributed by atoms with van der Waals surface area (Å²) in [7, 11) is 3.73. The molecule has 0 spiro atoms. The molecule has 11 heteroatoms. The van der Waals surface area contributed by atoms with E-state index in [0.717, 1.165) is 37.1 Å². The van der Waals surface area contributed by atoms with Crippen LogP contribution in [0.1, 0.15) is 34.3 Å². The second-order valence-corrected chi connectivity index (χ2v) is 8.84. The molecule has 1 aliphatic rings. The lowest BCUT2D eigenvalue weighted by molar-refractivity contribution is -0.137. The van der Waals surface area contributed by atoms with Gasteiger partial charge in [0.25, 0.3) is 5.91 Å². The van der Waals surface area contributed by atoms with Crippen molar-refractivity contribution in [3.05, 3.63) is 71.5 Å². The van der Waals surface area contributed by atoms with Gasteiger partial charge in [-0.1, -0.05) is 0 Å². The summed E-state index contributed by atoms with van der Waals surface area (Å²) < 4.78 is 46.5. The number of nitrogens with zero attached hydrogens (tertiary/aromatic N) is 3. The number of halogens is 3. The van der Waals surface area contributed by atoms with Crippen LogP contribution in [0.5, 0.6) is 5.75 Å². The number of amides is 1. The van der Waals surface area contributed by atoms with E-state index >= 15 is 0 Å². The lowest BCUT2D eigenvalue weighted by Gasteiger charge is -2.20. The molecule has 1 amide bonds. The standard InChI is InChI=1S/C26H29F3N6O2/c1-30-23-11-17(7-9-31-23)15-33-24-22(6-3-8-32-24)25(36)34-19-12-18(26(27,28)29)13-21(14-19)37-16-20-5-4-10-35(20)2/h3,6-9,11-14,20H,4-5,10,15-16H2,1-2H3,(H,30,31)(H,32,33)(H,34,36). The largest absolute Gasteiger partial charge is 0.492 e. The number of anilines is 3. The van der Waals surface area contributed by atoms with Gasteiger partial charge in [0.05, 0.1) is 11.1 Å². The van der Waals surface area contributed by atoms with Crippen molar-refractivity contribution in [3.8, 4) is 5.75 Å². The zero-order valence-corrected chi connectivity index (χ0v) is 20.6. The summed E-state index contributed by atoms with van der Waals surface area (Å²) in [6.45, 7) is 1.56. The molecule has 1 aromatic carbocycles. The van der Waals surface area contributed by atoms with Gasteiger partial charge in [0.2, 0.25) is 0 Å². The number of benzene rings is 1. The molecule has 4 rings (SSSR count). The number of rotatable bonds is 9. The third kappa shape index (κ3) is 6.88. The minimum Gasteiger partial charge on any atom is -0.492 e. The molecule has 1 saturated heterocycles. The Kier molecular flexibility index (Phi) is 8.12. The van der Waals surface area contributed by atoms with Crippen LogP contribution in [0.2, 0.25) is 0 Å². The van der Waals surface area contributed by atoms with Crippen LogP contribution in [0.15, 0.2) is 54.9 Å². The highest BCUT2D eigenvalue weighted by molar-refractivity contribution is 6.07. The quantitative estimate of drug-likeness (QED) is 0.375. The van der Waals surface area contributed by atoms with Gasteiger partial charge in [-0.05, 0) is 68.4 Å². The maximum Gasteiger partial charge on any atom is 0.416 e. The highest BCUT2D eigenvalue weighted by Gasteiger charge is 2.32. The van der Waals surface area contributed by atoms with Crippen molar-refractivity contribution in [3.63, 3.8) is 0 Å². The Morgan fingerprint density at radius 3 is 2.73 bits per heavy atom. The molecule has 8 nitrogen and oxygen atoms in total. The van der Waals surface area contributed by atoms with Crippen LogP contribution in [0, 0.1) is 0 Å². The van der Waals surface area contributed by atoms with Gasteiger partial charge in [-0.15, -0.1) is 0 Å². The summed E-state index contributed by atoms with van der Waals surface area (Å²) in [5.74, 6) is 0.450. The highest BCUT2D eigenvalue weighted by atomic mass is 19.4. The fraction of sp³-hybridized carbons (Fsp3) is 0.346. The van der Waals surface area contributed by atoms with Gasteiger partial charge in [0, 0.05) is 43.8 Å². The van der Waals surface area contributed by atoms with Gasteiger partial charge < -0.3 is 25.6 Å². The van der Waals surface area contributed by atoms with E-state index in [1.165, 1.54) is 12.3 Å². The average molecular weight is 515 g/mol. The van der Waals surface area contributed by atoms with Crippen molar-refractivity contribution in [2.24, 2.45) is 0 Å². The second-order valence-electron chi connectivity index (χ2n) is 8.84. The molecule has 3 N–H and O–H groups in total. The van der Waals surface area contributed by atoms with E-state index in [2.05, 4.69) is 30.8 Å². The summed E-state index contributed by atoms with van der Waals surface area (Å²) in [6, 6.07) is 10.2. The highest BCUT2D eigenvalue weighted by Crippen LogP contribution is 2.35. The van der Waals surface area contributed by atoms with E-state index in [-0.39, 0.29) is 29.6 Å². The van der Waals surface area contributed by atoms with E-state index in [4.69, 9.17) is 4.74 Å². The Hall–Kier alpha value is -3.86. The van der Waals surface area contributed by atoms with Crippen molar-refractivity contribution in [2.45, 2.75) is 31.6 Å². The van der Waals surface area contributed by atoms with Gasteiger partial charge in [-0.2, -0.15) is 13.2 Å². The van der Waals surface area contributed by atoms with Gasteiger partial charge in [0.15, 0.2) is 0 Å². The maximum atomic E-state index is 13.6. The SMILES string of the molecule is CNc1cc(CNc2ncccc2C(=O)Nc2cc(OCC3CCCN3C)cc(C(F)(F)F)c2)ccn1. The van der Waals surface area contributed by atoms with Crippen LogP contribution in [0.3, 0.4) is 0 Å². The lowest BCUT2D eigenvalue weighted by atomic mass is 10.1. The topological polar surface area (TPSA) is 91.4 Å². The molecule has 0 aliphatic carbocycles. The third-order valence-corrected chi connectivity index (χ3v) is 6.20. The molecule has 0 bridgehead atoms. The average Bonchev–Trinajstić information content (AvgIpc) is 3.30. The molecule has 2 aromatic heterocycles. The zero-order chi connectivity index (χ0) is 26.4. The summed E-state index contributed by atoms with van der Waals surface area (Å²) in [5, 5.41) is 8.65. The monoisotopic (exact) mass is 514 g/mol. The van der Waals surface area contributed by atoms with Crippen LogP contribution < -0.4 is 20.7 Å². The summed E-state index contributed by atoms with van der Waals surface area (Å²) in [4.78, 5) is 23.6. The maximum absolute atomic E-state index is 13.6. The van der Waals surface area contributed by atoms with E-state index in [1.54, 1.807) is 25.4 Å². The smallest absolute Gasteiger partial charge is 0.416 e. The molecule has 0 saturated carbocycles. The number of pyridine rings is 2. The molecule has 1 unspecified atom stereocenters. The Morgan fingerprint density at radius 2 is 2.00 bits per heavy atom. The molecule has 0 radical (unpaired) electrons. The number of aromatic nitrogens is 2. The first-order valence-electron chi connectivity index (χ1n) is 11.9. The zero-order valence-electron chi connectivity index (χ0n) is 20.6. The van der Waals surface area contributed by atoms with Crippen molar-refractivity contribution < 1.29 is 22.7 Å². The number of hydrogen-bond donors (Lipinski definition) is 3. The number of ether oxygens (including phenoxy) is 1. The number of likely N-dealkylation sites (N-methyl/N-ethyl adjacent to an activating group) is 1. The predicted octanol–water partition coefficient (Wildman–Crippen LogP) is 4.87. The summed E-state index contributed by atoms with van der Waals surface area (Å²) >= 11 is 0. The fourth-order valence-corrected chi connectivity index (χ4v) is 4.14. The van der Waals surface area contributed by atoms with E-state index in [0.29, 0.717) is 18.2 Å². The Labute approximate surface area is 213 Å². The molecule has 1 fully saturated rings. The van der Waals surface area contributed by atoms with Crippen LogP contribution in [0.4, 0.5) is 30.5 Å². The predicted molar refractivity (Wildman–Crippen MR) is 136 cm³/mol. The van der Waals surface area contributed by atoms with Crippen LogP contribution >= 0.6 is 0 Å². The molecule has 1 atom stereocenters. The van der Waals surface area contributed by atoms with Crippen molar-refractivity contribution in [1.29, 1.82) is 0 Å². The first kappa shape index (κ1) is 26.2. The minimum absolute atomic E-state index is 0.0165. The number of nitrogens with one attached hydrogen (secondary N) is 3. The Bertz CT molecular complexity index is 1240. The molecule has 37 heavy (non-hydrogen) atoms. The van der Waals surface area contributed by atoms with Gasteiger partial charge in [-0.25, -0.2) is 9.97 Å². The molecule has 3 heterocycles. The normalized spacial score (nSPS) is 15.9. The first-order valence-corrected chi connectivity index (χ1v) is 11.9. The fourth-order valence-electron chi connectivity index (χ4n) is 4.14. The van der Waals surface area contributed by atoms with Gasteiger partial charge >= 0.3 is 6.18 Å². The van der Waals surface area contributed by atoms with Crippen molar-refractivity contribution in [2.75, 3.05) is 43.2 Å². The molecular formula is C26H29F3N6O2. The van der Waals surface area contributed by atoms with Crippen LogP contribution in [-0.2, 0) is 12.7 Å². The Balaban J connectivity index is 1.50. The number of likely N-dealkylation sites (tertiary alicyclic amines) is 1. The number of hydrogen-bond acceptors (Lipinski definition) is 7. The molecule has 3 aromatic rings. The number of carbonyl (C=O) groups is 1. The van der Waals surface area contributed by atoms with E-state index < -0.39 is 17.6 Å². The number of carbonyl (C=O) groups excluding carboxylic acids is 1. The van der Waals surface area contributed by atoms with E-state index in [1.807, 2.05) is 19.2 Å². The summed E-state index contributed by atoms with van der Waals surface area (Å²) in [5.41, 5.74) is 0.182. The number of alkyl halides is 3. The Morgan fingerprint density at radius 1 is 1.16 bits per heavy atom. The summed E-state index contributed by atoms with van der Waals surface area (Å²) in [6.07, 6.45) is 0.536. The molecule has 196 valence electrons.